The molecule has 1 heterocycles. The lowest BCUT2D eigenvalue weighted by molar-refractivity contribution is 0.100. The number of primary amides is 1. The molecule has 0 bridgehead atoms. The first-order valence-corrected chi connectivity index (χ1v) is 5.27. The summed E-state index contributed by atoms with van der Waals surface area (Å²) < 4.78 is 0. The Morgan fingerprint density at radius 2 is 1.80 bits per heavy atom. The van der Waals surface area contributed by atoms with Crippen LogP contribution in [0.25, 0.3) is 0 Å². The SMILES string of the molecule is C1CCNC1.Cc1ccc(C(N)=O)cc1.[HH]. The van der Waals surface area contributed by atoms with Crippen molar-refractivity contribution in [1.29, 1.82) is 0 Å². The fourth-order valence-electron chi connectivity index (χ4n) is 1.34. The summed E-state index contributed by atoms with van der Waals surface area (Å²) in [5.41, 5.74) is 6.72. The van der Waals surface area contributed by atoms with Gasteiger partial charge in [0.05, 0.1) is 0 Å². The summed E-state index contributed by atoms with van der Waals surface area (Å²) in [4.78, 5) is 10.5. The Morgan fingerprint density at radius 1 is 1.27 bits per heavy atom. The zero-order valence-electron chi connectivity index (χ0n) is 9.12. The summed E-state index contributed by atoms with van der Waals surface area (Å²) in [6.45, 7) is 4.46. The van der Waals surface area contributed by atoms with Gasteiger partial charge in [-0.25, -0.2) is 0 Å². The molecule has 0 radical (unpaired) electrons. The van der Waals surface area contributed by atoms with Gasteiger partial charge in [0.15, 0.2) is 0 Å². The van der Waals surface area contributed by atoms with E-state index < -0.39 is 0 Å². The monoisotopic (exact) mass is 208 g/mol. The highest BCUT2D eigenvalue weighted by Gasteiger charge is 1.96. The fourth-order valence-corrected chi connectivity index (χ4v) is 1.34. The van der Waals surface area contributed by atoms with Gasteiger partial charge in [-0.05, 0) is 45.0 Å². The number of nitrogens with one attached hydrogen (secondary N) is 1. The zero-order valence-corrected chi connectivity index (χ0v) is 9.12. The number of benzene rings is 1. The van der Waals surface area contributed by atoms with E-state index in [9.17, 15) is 4.79 Å². The molecule has 1 amide bonds. The van der Waals surface area contributed by atoms with Crippen LogP contribution in [0.4, 0.5) is 0 Å². The second-order valence-corrected chi connectivity index (χ2v) is 3.69. The van der Waals surface area contributed by atoms with Crippen molar-refractivity contribution in [2.45, 2.75) is 19.8 Å². The van der Waals surface area contributed by atoms with Gasteiger partial charge < -0.3 is 11.1 Å². The van der Waals surface area contributed by atoms with Gasteiger partial charge in [-0.1, -0.05) is 17.7 Å². The first-order valence-electron chi connectivity index (χ1n) is 5.27. The molecule has 1 aromatic rings. The lowest BCUT2D eigenvalue weighted by Gasteiger charge is -1.93. The van der Waals surface area contributed by atoms with Gasteiger partial charge in [0.2, 0.25) is 5.91 Å². The Balaban J connectivity index is 0.000000318. The topological polar surface area (TPSA) is 55.1 Å². The average Bonchev–Trinajstić information content (AvgIpc) is 2.76. The van der Waals surface area contributed by atoms with Crippen LogP contribution in [0, 0.1) is 6.92 Å². The molecule has 0 unspecified atom stereocenters. The molecule has 1 aliphatic rings. The molecule has 1 aromatic carbocycles. The molecule has 3 N–H and O–H groups in total. The lowest BCUT2D eigenvalue weighted by atomic mass is 10.1. The summed E-state index contributed by atoms with van der Waals surface area (Å²) in [6.07, 6.45) is 2.78. The molecule has 3 nitrogen and oxygen atoms in total. The Hall–Kier alpha value is -1.35. The van der Waals surface area contributed by atoms with Crippen LogP contribution in [0.2, 0.25) is 0 Å². The number of hydrogen-bond acceptors (Lipinski definition) is 2. The van der Waals surface area contributed by atoms with Crippen molar-refractivity contribution in [1.82, 2.24) is 5.32 Å². The Labute approximate surface area is 92.2 Å². The maximum atomic E-state index is 10.5. The molecule has 1 fully saturated rings. The van der Waals surface area contributed by atoms with Crippen LogP contribution in [0.3, 0.4) is 0 Å². The Bertz CT molecular complexity index is 300. The number of nitrogens with two attached hydrogens (primary N) is 1. The van der Waals surface area contributed by atoms with E-state index in [1.807, 2.05) is 19.1 Å². The quantitative estimate of drug-likeness (QED) is 0.738. The standard InChI is InChI=1S/C8H9NO.C4H9N.H2/c1-6-2-4-7(5-3-6)8(9)10;1-2-4-5-3-1;/h2-5H,1H3,(H2,9,10);5H,1-4H2;1H. The van der Waals surface area contributed by atoms with Gasteiger partial charge in [-0.3, -0.25) is 4.79 Å². The largest absolute Gasteiger partial charge is 0.366 e. The van der Waals surface area contributed by atoms with Crippen molar-refractivity contribution in [2.24, 2.45) is 5.73 Å². The van der Waals surface area contributed by atoms with Gasteiger partial charge in [-0.15, -0.1) is 0 Å². The Morgan fingerprint density at radius 3 is 2.13 bits per heavy atom. The predicted octanol–water partition coefficient (Wildman–Crippen LogP) is 1.71. The molecule has 0 aromatic heterocycles. The fraction of sp³-hybridized carbons (Fsp3) is 0.417. The summed E-state index contributed by atoms with van der Waals surface area (Å²) in [5.74, 6) is -0.375. The van der Waals surface area contributed by atoms with Crippen molar-refractivity contribution in [3.05, 3.63) is 35.4 Å². The molecule has 1 aliphatic heterocycles. The van der Waals surface area contributed by atoms with Crippen molar-refractivity contribution in [2.75, 3.05) is 13.1 Å². The minimum atomic E-state index is -0.375. The molecule has 3 heteroatoms. The second-order valence-electron chi connectivity index (χ2n) is 3.69. The van der Waals surface area contributed by atoms with Crippen LogP contribution in [0.5, 0.6) is 0 Å². The van der Waals surface area contributed by atoms with E-state index in [0.29, 0.717) is 5.56 Å². The van der Waals surface area contributed by atoms with Crippen LogP contribution < -0.4 is 11.1 Å². The van der Waals surface area contributed by atoms with Crippen LogP contribution >= 0.6 is 0 Å². The molecule has 0 atom stereocenters. The minimum absolute atomic E-state index is 0. The third-order valence-corrected chi connectivity index (χ3v) is 2.29. The Kier molecular flexibility index (Phi) is 4.84. The molecule has 15 heavy (non-hydrogen) atoms. The number of carbonyl (C=O) groups is 1. The molecular formula is C12H20N2O. The van der Waals surface area contributed by atoms with E-state index in [2.05, 4.69) is 5.32 Å². The number of hydrogen-bond donors (Lipinski definition) is 2. The maximum Gasteiger partial charge on any atom is 0.248 e. The average molecular weight is 208 g/mol. The molecule has 0 saturated carbocycles. The van der Waals surface area contributed by atoms with Crippen LogP contribution in [-0.4, -0.2) is 19.0 Å². The summed E-state index contributed by atoms with van der Waals surface area (Å²) in [5, 5.41) is 3.22. The minimum Gasteiger partial charge on any atom is -0.366 e. The summed E-state index contributed by atoms with van der Waals surface area (Å²) >= 11 is 0. The van der Waals surface area contributed by atoms with Crippen LogP contribution in [0.1, 0.15) is 30.2 Å². The number of amides is 1. The predicted molar refractivity (Wildman–Crippen MR) is 63.9 cm³/mol. The molecular weight excluding hydrogens is 188 g/mol. The third-order valence-electron chi connectivity index (χ3n) is 2.29. The van der Waals surface area contributed by atoms with Gasteiger partial charge in [-0.2, -0.15) is 0 Å². The molecule has 84 valence electrons. The van der Waals surface area contributed by atoms with Gasteiger partial charge in [0.1, 0.15) is 0 Å². The maximum absolute atomic E-state index is 10.5. The van der Waals surface area contributed by atoms with Gasteiger partial charge >= 0.3 is 0 Å². The first-order chi connectivity index (χ1) is 7.20. The van der Waals surface area contributed by atoms with Crippen molar-refractivity contribution >= 4 is 5.91 Å². The molecule has 2 rings (SSSR count). The van der Waals surface area contributed by atoms with Crippen molar-refractivity contribution in [3.8, 4) is 0 Å². The van der Waals surface area contributed by atoms with Gasteiger partial charge in [0.25, 0.3) is 0 Å². The highest BCUT2D eigenvalue weighted by Crippen LogP contribution is 2.00. The van der Waals surface area contributed by atoms with Crippen molar-refractivity contribution in [3.63, 3.8) is 0 Å². The molecule has 0 spiro atoms. The van der Waals surface area contributed by atoms with E-state index in [1.165, 1.54) is 25.9 Å². The number of aryl methyl sites for hydroxylation is 1. The van der Waals surface area contributed by atoms with E-state index in [0.717, 1.165) is 5.56 Å². The number of carbonyl (C=O) groups excluding carboxylic acids is 1. The van der Waals surface area contributed by atoms with Crippen LogP contribution in [0.15, 0.2) is 24.3 Å². The third kappa shape index (κ3) is 4.61. The van der Waals surface area contributed by atoms with E-state index >= 15 is 0 Å². The van der Waals surface area contributed by atoms with E-state index in [-0.39, 0.29) is 7.33 Å². The van der Waals surface area contributed by atoms with Crippen molar-refractivity contribution < 1.29 is 6.22 Å². The van der Waals surface area contributed by atoms with Gasteiger partial charge in [0, 0.05) is 6.99 Å². The van der Waals surface area contributed by atoms with E-state index in [1.54, 1.807) is 12.1 Å². The molecule has 1 saturated heterocycles. The molecule has 0 aliphatic carbocycles. The first kappa shape index (κ1) is 11.7. The smallest absolute Gasteiger partial charge is 0.248 e. The second kappa shape index (κ2) is 6.19. The normalized spacial score (nSPS) is 14.2. The summed E-state index contributed by atoms with van der Waals surface area (Å²) in [7, 11) is 0. The summed E-state index contributed by atoms with van der Waals surface area (Å²) in [6, 6.07) is 7.16. The van der Waals surface area contributed by atoms with E-state index in [4.69, 9.17) is 5.73 Å². The van der Waals surface area contributed by atoms with Crippen LogP contribution in [-0.2, 0) is 0 Å². The number of rotatable bonds is 1. The zero-order chi connectivity index (χ0) is 11.1. The lowest BCUT2D eigenvalue weighted by Crippen LogP contribution is -2.10. The highest BCUT2D eigenvalue weighted by atomic mass is 16.1. The highest BCUT2D eigenvalue weighted by molar-refractivity contribution is 5.92.